The van der Waals surface area contributed by atoms with Crippen LogP contribution in [0.3, 0.4) is 0 Å². The highest BCUT2D eigenvalue weighted by molar-refractivity contribution is 7.10. The van der Waals surface area contributed by atoms with Gasteiger partial charge in [0.25, 0.3) is 0 Å². The number of rotatable bonds is 3. The van der Waals surface area contributed by atoms with Crippen molar-refractivity contribution in [2.24, 2.45) is 5.73 Å². The lowest BCUT2D eigenvalue weighted by atomic mass is 10.2. The second-order valence-electron chi connectivity index (χ2n) is 3.79. The molecule has 1 atom stereocenters. The minimum absolute atomic E-state index is 0.176. The molecule has 6 nitrogen and oxygen atoms in total. The fourth-order valence-electron chi connectivity index (χ4n) is 1.30. The second kappa shape index (κ2) is 5.19. The molecule has 0 saturated heterocycles. The van der Waals surface area contributed by atoms with Gasteiger partial charge in [0.05, 0.1) is 11.4 Å². The lowest BCUT2D eigenvalue weighted by molar-refractivity contribution is -0.117. The average Bonchev–Trinajstić information content (AvgIpc) is 2.86. The Hall–Kier alpha value is -1.86. The monoisotopic (exact) mass is 263 g/mol. The van der Waals surface area contributed by atoms with Crippen LogP contribution in [0.1, 0.15) is 22.3 Å². The zero-order valence-corrected chi connectivity index (χ0v) is 10.9. The molecule has 0 fully saturated rings. The first kappa shape index (κ1) is 12.6. The Kier molecular flexibility index (Phi) is 3.63. The van der Waals surface area contributed by atoms with Gasteiger partial charge in [0.2, 0.25) is 11.9 Å². The highest BCUT2D eigenvalue weighted by Crippen LogP contribution is 2.17. The standard InChI is InChI=1S/C11H13N5OS/c1-6-7(2)15-16-11(13-6)14-10(17)9(12)8-4-3-5-18-8/h3-5,9H,12H2,1-2H3,(H,13,14,16,17). The number of aromatic nitrogens is 3. The van der Waals surface area contributed by atoms with E-state index >= 15 is 0 Å². The van der Waals surface area contributed by atoms with E-state index in [1.54, 1.807) is 13.8 Å². The number of hydrogen-bond acceptors (Lipinski definition) is 6. The Labute approximate surface area is 108 Å². The summed E-state index contributed by atoms with van der Waals surface area (Å²) in [6.45, 7) is 3.61. The molecule has 0 aliphatic heterocycles. The van der Waals surface area contributed by atoms with Crippen molar-refractivity contribution in [1.82, 2.24) is 15.2 Å². The van der Waals surface area contributed by atoms with Gasteiger partial charge in [0.1, 0.15) is 6.04 Å². The summed E-state index contributed by atoms with van der Waals surface area (Å²) < 4.78 is 0. The number of nitrogens with one attached hydrogen (secondary N) is 1. The number of carbonyl (C=O) groups is 1. The molecular formula is C11H13N5OS. The molecule has 0 saturated carbocycles. The molecule has 0 aromatic carbocycles. The summed E-state index contributed by atoms with van der Waals surface area (Å²) in [5.74, 6) is -0.169. The molecule has 3 N–H and O–H groups in total. The van der Waals surface area contributed by atoms with Crippen molar-refractivity contribution in [3.63, 3.8) is 0 Å². The van der Waals surface area contributed by atoms with E-state index in [9.17, 15) is 4.79 Å². The summed E-state index contributed by atoms with van der Waals surface area (Å²) in [6.07, 6.45) is 0. The molecule has 18 heavy (non-hydrogen) atoms. The number of anilines is 1. The van der Waals surface area contributed by atoms with Crippen LogP contribution in [-0.2, 0) is 4.79 Å². The molecule has 94 valence electrons. The smallest absolute Gasteiger partial charge is 0.249 e. The molecule has 2 aromatic rings. The van der Waals surface area contributed by atoms with Crippen molar-refractivity contribution < 1.29 is 4.79 Å². The fraction of sp³-hybridized carbons (Fsp3) is 0.273. The van der Waals surface area contributed by atoms with E-state index < -0.39 is 6.04 Å². The Bertz CT molecular complexity index is 555. The van der Waals surface area contributed by atoms with E-state index in [-0.39, 0.29) is 11.9 Å². The van der Waals surface area contributed by atoms with Gasteiger partial charge in [-0.3, -0.25) is 10.1 Å². The summed E-state index contributed by atoms with van der Waals surface area (Å²) in [5.41, 5.74) is 7.28. The normalized spacial score (nSPS) is 12.2. The van der Waals surface area contributed by atoms with Crippen LogP contribution in [0.4, 0.5) is 5.95 Å². The average molecular weight is 263 g/mol. The van der Waals surface area contributed by atoms with Crippen molar-refractivity contribution >= 4 is 23.2 Å². The van der Waals surface area contributed by atoms with E-state index in [0.29, 0.717) is 0 Å². The third kappa shape index (κ3) is 2.69. The molecule has 2 heterocycles. The van der Waals surface area contributed by atoms with Crippen molar-refractivity contribution in [3.8, 4) is 0 Å². The van der Waals surface area contributed by atoms with Crippen LogP contribution in [0.25, 0.3) is 0 Å². The van der Waals surface area contributed by atoms with Crippen LogP contribution < -0.4 is 11.1 Å². The van der Waals surface area contributed by atoms with E-state index in [2.05, 4.69) is 20.5 Å². The number of nitrogens with zero attached hydrogens (tertiary/aromatic N) is 3. The van der Waals surface area contributed by atoms with Crippen LogP contribution in [0, 0.1) is 13.8 Å². The first-order valence-electron chi connectivity index (χ1n) is 5.35. The van der Waals surface area contributed by atoms with Crippen molar-refractivity contribution in [2.75, 3.05) is 5.32 Å². The second-order valence-corrected chi connectivity index (χ2v) is 4.77. The quantitative estimate of drug-likeness (QED) is 0.867. The van der Waals surface area contributed by atoms with E-state index in [0.717, 1.165) is 16.3 Å². The Morgan fingerprint density at radius 1 is 1.39 bits per heavy atom. The van der Waals surface area contributed by atoms with Gasteiger partial charge < -0.3 is 5.73 Å². The van der Waals surface area contributed by atoms with Gasteiger partial charge in [0.15, 0.2) is 0 Å². The lowest BCUT2D eigenvalue weighted by Crippen LogP contribution is -2.28. The van der Waals surface area contributed by atoms with Crippen LogP contribution in [0.2, 0.25) is 0 Å². The molecule has 1 amide bonds. The Balaban J connectivity index is 2.09. The molecule has 7 heteroatoms. The lowest BCUT2D eigenvalue weighted by Gasteiger charge is -2.09. The van der Waals surface area contributed by atoms with Crippen LogP contribution in [-0.4, -0.2) is 21.1 Å². The number of nitrogens with two attached hydrogens (primary N) is 1. The molecule has 2 rings (SSSR count). The van der Waals surface area contributed by atoms with E-state index in [1.807, 2.05) is 17.5 Å². The Morgan fingerprint density at radius 2 is 2.17 bits per heavy atom. The minimum Gasteiger partial charge on any atom is -0.316 e. The summed E-state index contributed by atoms with van der Waals surface area (Å²) in [5, 5.41) is 12.1. The third-order valence-electron chi connectivity index (χ3n) is 2.46. The Morgan fingerprint density at radius 3 is 2.78 bits per heavy atom. The van der Waals surface area contributed by atoms with Gasteiger partial charge >= 0.3 is 0 Å². The maximum Gasteiger partial charge on any atom is 0.249 e. The van der Waals surface area contributed by atoms with Gasteiger partial charge in [-0.05, 0) is 25.3 Å². The largest absolute Gasteiger partial charge is 0.316 e. The fourth-order valence-corrected chi connectivity index (χ4v) is 2.02. The predicted molar refractivity (Wildman–Crippen MR) is 69.2 cm³/mol. The van der Waals surface area contributed by atoms with Gasteiger partial charge in [-0.2, -0.15) is 5.10 Å². The summed E-state index contributed by atoms with van der Waals surface area (Å²) >= 11 is 1.43. The first-order chi connectivity index (χ1) is 8.58. The molecule has 0 bridgehead atoms. The minimum atomic E-state index is -0.713. The zero-order valence-electron chi connectivity index (χ0n) is 10.0. The molecule has 0 spiro atoms. The van der Waals surface area contributed by atoms with Gasteiger partial charge in [-0.25, -0.2) is 4.98 Å². The maximum atomic E-state index is 11.9. The first-order valence-corrected chi connectivity index (χ1v) is 6.23. The highest BCUT2D eigenvalue weighted by atomic mass is 32.1. The third-order valence-corrected chi connectivity index (χ3v) is 3.41. The number of aryl methyl sites for hydroxylation is 2. The summed E-state index contributed by atoms with van der Waals surface area (Å²) in [6, 6.07) is 2.95. The molecule has 0 aliphatic rings. The number of carbonyl (C=O) groups excluding carboxylic acids is 1. The van der Waals surface area contributed by atoms with E-state index in [4.69, 9.17) is 5.73 Å². The molecule has 0 aliphatic carbocycles. The molecular weight excluding hydrogens is 250 g/mol. The number of amides is 1. The number of thiophene rings is 1. The molecule has 1 unspecified atom stereocenters. The highest BCUT2D eigenvalue weighted by Gasteiger charge is 2.18. The summed E-state index contributed by atoms with van der Waals surface area (Å²) in [7, 11) is 0. The van der Waals surface area contributed by atoms with Crippen molar-refractivity contribution in [3.05, 3.63) is 33.8 Å². The zero-order chi connectivity index (χ0) is 13.1. The molecule has 0 radical (unpaired) electrons. The van der Waals surface area contributed by atoms with Crippen molar-refractivity contribution in [2.45, 2.75) is 19.9 Å². The number of hydrogen-bond donors (Lipinski definition) is 2. The van der Waals surface area contributed by atoms with E-state index in [1.165, 1.54) is 11.3 Å². The molecule has 2 aromatic heterocycles. The van der Waals surface area contributed by atoms with Gasteiger partial charge in [-0.15, -0.1) is 16.4 Å². The van der Waals surface area contributed by atoms with Crippen LogP contribution in [0.15, 0.2) is 17.5 Å². The predicted octanol–water partition coefficient (Wildman–Crippen LogP) is 1.19. The van der Waals surface area contributed by atoms with Crippen LogP contribution in [0.5, 0.6) is 0 Å². The van der Waals surface area contributed by atoms with Gasteiger partial charge in [0, 0.05) is 4.88 Å². The summed E-state index contributed by atoms with van der Waals surface area (Å²) in [4.78, 5) is 16.8. The SMILES string of the molecule is Cc1nnc(NC(=O)C(N)c2cccs2)nc1C. The topological polar surface area (TPSA) is 93.8 Å². The van der Waals surface area contributed by atoms with Crippen LogP contribution >= 0.6 is 11.3 Å². The maximum absolute atomic E-state index is 11.9. The van der Waals surface area contributed by atoms with Gasteiger partial charge in [-0.1, -0.05) is 6.07 Å². The van der Waals surface area contributed by atoms with Crippen molar-refractivity contribution in [1.29, 1.82) is 0 Å².